The molecule has 0 fully saturated rings. The Morgan fingerprint density at radius 3 is 2.86 bits per heavy atom. The largest absolute Gasteiger partial charge is 0.397 e. The number of aryl methyl sites for hydroxylation is 1. The lowest BCUT2D eigenvalue weighted by atomic mass is 10.1. The number of nitrogens with two attached hydrogens (primary N) is 1. The van der Waals surface area contributed by atoms with Gasteiger partial charge in [0.1, 0.15) is 0 Å². The number of halogens is 1. The van der Waals surface area contributed by atoms with E-state index in [9.17, 15) is 4.79 Å². The summed E-state index contributed by atoms with van der Waals surface area (Å²) in [4.78, 5) is 18.4. The van der Waals surface area contributed by atoms with Crippen LogP contribution >= 0.6 is 11.6 Å². The van der Waals surface area contributed by atoms with Gasteiger partial charge < -0.3 is 16.0 Å². The van der Waals surface area contributed by atoms with E-state index in [1.165, 1.54) is 6.33 Å². The smallest absolute Gasteiger partial charge is 0.258 e. The number of H-pyrrole nitrogens is 1. The Hall–Kier alpha value is -2.53. The van der Waals surface area contributed by atoms with Gasteiger partial charge in [0.15, 0.2) is 0 Å². The van der Waals surface area contributed by atoms with Crippen LogP contribution in [0.4, 0.5) is 17.1 Å². The maximum Gasteiger partial charge on any atom is 0.258 e. The van der Waals surface area contributed by atoms with Crippen molar-refractivity contribution in [2.45, 2.75) is 6.92 Å². The minimum absolute atomic E-state index is 0.216. The maximum absolute atomic E-state index is 11.7. The van der Waals surface area contributed by atoms with Crippen LogP contribution in [0.1, 0.15) is 5.56 Å². The molecule has 0 amide bonds. The molecule has 0 spiro atoms. The van der Waals surface area contributed by atoms with Gasteiger partial charge in [0.2, 0.25) is 0 Å². The molecule has 2 aromatic carbocycles. The molecule has 0 aliphatic rings. The van der Waals surface area contributed by atoms with E-state index in [-0.39, 0.29) is 5.56 Å². The van der Waals surface area contributed by atoms with E-state index in [0.717, 1.165) is 11.3 Å². The SMILES string of the molecule is Cc1ccc(Cl)c(Nc2cc3nc[nH]c(=O)c3cc2N)c1. The van der Waals surface area contributed by atoms with Gasteiger partial charge >= 0.3 is 0 Å². The lowest BCUT2D eigenvalue weighted by Gasteiger charge is -2.12. The number of nitrogen functional groups attached to an aromatic ring is 1. The Morgan fingerprint density at radius 2 is 2.05 bits per heavy atom. The van der Waals surface area contributed by atoms with E-state index in [4.69, 9.17) is 17.3 Å². The summed E-state index contributed by atoms with van der Waals surface area (Å²) in [6.45, 7) is 1.98. The van der Waals surface area contributed by atoms with Crippen molar-refractivity contribution in [1.82, 2.24) is 9.97 Å². The van der Waals surface area contributed by atoms with Crippen molar-refractivity contribution in [3.63, 3.8) is 0 Å². The third-order valence-electron chi connectivity index (χ3n) is 3.20. The number of hydrogen-bond acceptors (Lipinski definition) is 4. The first-order valence-electron chi connectivity index (χ1n) is 6.34. The summed E-state index contributed by atoms with van der Waals surface area (Å²) in [6.07, 6.45) is 1.37. The van der Waals surface area contributed by atoms with E-state index in [2.05, 4.69) is 15.3 Å². The molecule has 5 nitrogen and oxygen atoms in total. The molecule has 0 saturated heterocycles. The standard InChI is InChI=1S/C15H13ClN4O/c1-8-2-3-10(16)13(4-8)20-14-6-12-9(5-11(14)17)15(21)19-7-18-12/h2-7,20H,17H2,1H3,(H,18,19,21). The second kappa shape index (κ2) is 5.10. The monoisotopic (exact) mass is 300 g/mol. The zero-order valence-electron chi connectivity index (χ0n) is 11.3. The number of aromatic nitrogens is 2. The van der Waals surface area contributed by atoms with Crippen molar-refractivity contribution in [1.29, 1.82) is 0 Å². The molecule has 0 aliphatic carbocycles. The third-order valence-corrected chi connectivity index (χ3v) is 3.53. The fourth-order valence-electron chi connectivity index (χ4n) is 2.12. The molecule has 0 atom stereocenters. The molecule has 3 rings (SSSR count). The number of hydrogen-bond donors (Lipinski definition) is 3. The van der Waals surface area contributed by atoms with E-state index in [1.807, 2.05) is 25.1 Å². The molecule has 6 heteroatoms. The van der Waals surface area contributed by atoms with Gasteiger partial charge in [-0.1, -0.05) is 17.7 Å². The Balaban J connectivity index is 2.10. The lowest BCUT2D eigenvalue weighted by molar-refractivity contribution is 1.17. The van der Waals surface area contributed by atoms with Gasteiger partial charge in [0, 0.05) is 0 Å². The minimum Gasteiger partial charge on any atom is -0.397 e. The van der Waals surface area contributed by atoms with Crippen LogP contribution in [0.2, 0.25) is 5.02 Å². The quantitative estimate of drug-likeness (QED) is 0.635. The lowest BCUT2D eigenvalue weighted by Crippen LogP contribution is -2.07. The van der Waals surface area contributed by atoms with Gasteiger partial charge in [-0.25, -0.2) is 4.98 Å². The van der Waals surface area contributed by atoms with Crippen LogP contribution in [0, 0.1) is 6.92 Å². The van der Waals surface area contributed by atoms with Gasteiger partial charge in [-0.2, -0.15) is 0 Å². The molecule has 0 aliphatic heterocycles. The highest BCUT2D eigenvalue weighted by Gasteiger charge is 2.08. The first-order valence-corrected chi connectivity index (χ1v) is 6.72. The molecule has 3 aromatic rings. The third kappa shape index (κ3) is 2.55. The molecule has 4 N–H and O–H groups in total. The fourth-order valence-corrected chi connectivity index (χ4v) is 2.28. The van der Waals surface area contributed by atoms with Gasteiger partial charge in [-0.15, -0.1) is 0 Å². The molecule has 21 heavy (non-hydrogen) atoms. The summed E-state index contributed by atoms with van der Waals surface area (Å²) >= 11 is 6.17. The molecule has 1 heterocycles. The zero-order valence-corrected chi connectivity index (χ0v) is 12.0. The summed E-state index contributed by atoms with van der Waals surface area (Å²) in [5.74, 6) is 0. The second-order valence-corrected chi connectivity index (χ2v) is 5.20. The summed E-state index contributed by atoms with van der Waals surface area (Å²) < 4.78 is 0. The van der Waals surface area contributed by atoms with Crippen LogP contribution in [0.25, 0.3) is 10.9 Å². The van der Waals surface area contributed by atoms with E-state index in [0.29, 0.717) is 27.3 Å². The molecular weight excluding hydrogens is 288 g/mol. The predicted octanol–water partition coefficient (Wildman–Crippen LogP) is 3.21. The van der Waals surface area contributed by atoms with Gasteiger partial charge in [0.25, 0.3) is 5.56 Å². The molecule has 1 aromatic heterocycles. The number of rotatable bonds is 2. The van der Waals surface area contributed by atoms with Crippen LogP contribution in [-0.4, -0.2) is 9.97 Å². The van der Waals surface area contributed by atoms with Crippen molar-refractivity contribution < 1.29 is 0 Å². The van der Waals surface area contributed by atoms with Crippen molar-refractivity contribution in [3.05, 3.63) is 57.6 Å². The van der Waals surface area contributed by atoms with Crippen molar-refractivity contribution in [3.8, 4) is 0 Å². The summed E-state index contributed by atoms with van der Waals surface area (Å²) in [5, 5.41) is 4.23. The number of fused-ring (bicyclic) bond motifs is 1. The highest BCUT2D eigenvalue weighted by Crippen LogP contribution is 2.30. The first-order chi connectivity index (χ1) is 10.0. The predicted molar refractivity (Wildman–Crippen MR) is 86.2 cm³/mol. The molecule has 0 unspecified atom stereocenters. The normalized spacial score (nSPS) is 10.8. The number of anilines is 3. The number of aromatic amines is 1. The van der Waals surface area contributed by atoms with Crippen molar-refractivity contribution in [2.24, 2.45) is 0 Å². The number of nitrogens with zero attached hydrogens (tertiary/aromatic N) is 1. The molecule has 0 bridgehead atoms. The Bertz CT molecular complexity index is 888. The Labute approximate surface area is 125 Å². The van der Waals surface area contributed by atoms with Crippen molar-refractivity contribution >= 4 is 39.6 Å². The van der Waals surface area contributed by atoms with Gasteiger partial charge in [-0.05, 0) is 36.8 Å². The number of benzene rings is 2. The van der Waals surface area contributed by atoms with E-state index >= 15 is 0 Å². The average Bonchev–Trinajstić information content (AvgIpc) is 2.45. The van der Waals surface area contributed by atoms with Gasteiger partial charge in [-0.3, -0.25) is 4.79 Å². The molecule has 0 radical (unpaired) electrons. The summed E-state index contributed by atoms with van der Waals surface area (Å²) in [5.41, 5.74) is 9.31. The topological polar surface area (TPSA) is 83.8 Å². The Morgan fingerprint density at radius 1 is 1.24 bits per heavy atom. The van der Waals surface area contributed by atoms with Crippen LogP contribution in [0.5, 0.6) is 0 Å². The molecule has 0 saturated carbocycles. The highest BCUT2D eigenvalue weighted by molar-refractivity contribution is 6.33. The summed E-state index contributed by atoms with van der Waals surface area (Å²) in [7, 11) is 0. The molecule has 106 valence electrons. The average molecular weight is 301 g/mol. The molecular formula is C15H13ClN4O. The van der Waals surface area contributed by atoms with E-state index < -0.39 is 0 Å². The first kappa shape index (κ1) is 13.5. The van der Waals surface area contributed by atoms with Crippen LogP contribution in [-0.2, 0) is 0 Å². The Kier molecular flexibility index (Phi) is 3.27. The van der Waals surface area contributed by atoms with Crippen LogP contribution in [0.15, 0.2) is 41.5 Å². The fraction of sp³-hybridized carbons (Fsp3) is 0.0667. The van der Waals surface area contributed by atoms with Gasteiger partial charge in [0.05, 0.1) is 39.3 Å². The minimum atomic E-state index is -0.216. The number of nitrogens with one attached hydrogen (secondary N) is 2. The summed E-state index contributed by atoms with van der Waals surface area (Å²) in [6, 6.07) is 9.01. The van der Waals surface area contributed by atoms with E-state index in [1.54, 1.807) is 12.1 Å². The van der Waals surface area contributed by atoms with Crippen LogP contribution in [0.3, 0.4) is 0 Å². The van der Waals surface area contributed by atoms with Crippen molar-refractivity contribution in [2.75, 3.05) is 11.1 Å². The maximum atomic E-state index is 11.7. The second-order valence-electron chi connectivity index (χ2n) is 4.80. The zero-order chi connectivity index (χ0) is 15.0. The van der Waals surface area contributed by atoms with Crippen LogP contribution < -0.4 is 16.6 Å². The highest BCUT2D eigenvalue weighted by atomic mass is 35.5.